The van der Waals surface area contributed by atoms with Crippen LogP contribution in [-0.4, -0.2) is 58.3 Å². The fourth-order valence-electron chi connectivity index (χ4n) is 5.19. The minimum Gasteiger partial charge on any atom is -0.454 e. The van der Waals surface area contributed by atoms with Crippen LogP contribution in [0.25, 0.3) is 11.1 Å². The molecule has 5 rings (SSSR count). The van der Waals surface area contributed by atoms with E-state index in [0.29, 0.717) is 11.1 Å². The van der Waals surface area contributed by atoms with Gasteiger partial charge in [-0.1, -0.05) is 48.5 Å². The lowest BCUT2D eigenvalue weighted by Crippen LogP contribution is -2.55. The van der Waals surface area contributed by atoms with E-state index in [2.05, 4.69) is 17.0 Å². The van der Waals surface area contributed by atoms with Crippen LogP contribution in [0.15, 0.2) is 67.1 Å². The molecule has 0 amide bonds. The number of piperidine rings is 1. The third-order valence-electron chi connectivity index (χ3n) is 6.89. The van der Waals surface area contributed by atoms with Crippen LogP contribution in [0.3, 0.4) is 0 Å². The van der Waals surface area contributed by atoms with Crippen molar-refractivity contribution < 1.29 is 19.1 Å². The van der Waals surface area contributed by atoms with Gasteiger partial charge in [0.2, 0.25) is 5.60 Å². The van der Waals surface area contributed by atoms with Crippen molar-refractivity contribution in [3.8, 4) is 11.1 Å². The van der Waals surface area contributed by atoms with Crippen LogP contribution in [0.1, 0.15) is 29.7 Å². The van der Waals surface area contributed by atoms with Crippen molar-refractivity contribution in [2.45, 2.75) is 31.0 Å². The molecule has 2 aliphatic rings. The van der Waals surface area contributed by atoms with Gasteiger partial charge in [-0.2, -0.15) is 0 Å². The van der Waals surface area contributed by atoms with Crippen LogP contribution in [0, 0.1) is 0 Å². The number of carbonyl (C=O) groups excluding carboxylic acids is 1. The van der Waals surface area contributed by atoms with E-state index in [1.807, 2.05) is 48.5 Å². The topological polar surface area (TPSA) is 72.3 Å². The zero-order valence-electron chi connectivity index (χ0n) is 18.3. The number of quaternary nitrogens is 1. The largest absolute Gasteiger partial charge is 0.454 e. The molecule has 1 fully saturated rings. The molecular weight excluding hydrogens is 402 g/mol. The number of nitrogens with zero attached hydrogens (tertiary/aromatic N) is 3. The zero-order valence-corrected chi connectivity index (χ0v) is 18.3. The van der Waals surface area contributed by atoms with Crippen molar-refractivity contribution in [2.75, 3.05) is 26.7 Å². The smallest absolute Gasteiger partial charge is 0.348 e. The van der Waals surface area contributed by atoms with E-state index in [9.17, 15) is 9.90 Å². The van der Waals surface area contributed by atoms with Crippen molar-refractivity contribution >= 4 is 5.97 Å². The first-order valence-corrected chi connectivity index (χ1v) is 11.2. The van der Waals surface area contributed by atoms with Gasteiger partial charge >= 0.3 is 5.97 Å². The lowest BCUT2D eigenvalue weighted by atomic mass is 9.91. The number of rotatable bonds is 5. The van der Waals surface area contributed by atoms with E-state index in [4.69, 9.17) is 4.74 Å². The number of benzene rings is 2. The summed E-state index contributed by atoms with van der Waals surface area (Å²) in [5, 5.41) is 11.7. The number of esters is 1. The van der Waals surface area contributed by atoms with Gasteiger partial charge in [0, 0.05) is 42.6 Å². The van der Waals surface area contributed by atoms with Gasteiger partial charge in [0.1, 0.15) is 6.54 Å². The molecule has 1 aliphatic carbocycles. The number of likely N-dealkylation sites (N-methyl/N-ethyl adjacent to an activating group) is 1. The molecular formula is C26H28N3O3+. The van der Waals surface area contributed by atoms with Crippen molar-refractivity contribution in [2.24, 2.45) is 0 Å². The first kappa shape index (κ1) is 20.8. The van der Waals surface area contributed by atoms with E-state index in [1.165, 1.54) is 0 Å². The van der Waals surface area contributed by atoms with Crippen molar-refractivity contribution in [1.29, 1.82) is 0 Å². The zero-order chi connectivity index (χ0) is 22.2. The number of likely N-dealkylation sites (tertiary alicyclic amines) is 1. The number of aromatic nitrogens is 2. The first-order valence-electron chi connectivity index (χ1n) is 11.2. The molecule has 1 saturated heterocycles. The monoisotopic (exact) mass is 430 g/mol. The summed E-state index contributed by atoms with van der Waals surface area (Å²) >= 11 is 0. The Morgan fingerprint density at radius 2 is 1.81 bits per heavy atom. The van der Waals surface area contributed by atoms with Crippen molar-refractivity contribution in [3.63, 3.8) is 0 Å². The third-order valence-corrected chi connectivity index (χ3v) is 6.89. The normalized spacial score (nSPS) is 23.2. The van der Waals surface area contributed by atoms with Gasteiger partial charge in [-0.05, 0) is 17.5 Å². The molecule has 32 heavy (non-hydrogen) atoms. The highest BCUT2D eigenvalue weighted by Gasteiger charge is 2.50. The summed E-state index contributed by atoms with van der Waals surface area (Å²) in [6.45, 7) is 2.66. The third kappa shape index (κ3) is 3.59. The van der Waals surface area contributed by atoms with Crippen LogP contribution in [0.5, 0.6) is 0 Å². The second-order valence-corrected chi connectivity index (χ2v) is 9.17. The summed E-state index contributed by atoms with van der Waals surface area (Å²) in [5.41, 5.74) is 2.17. The quantitative estimate of drug-likeness (QED) is 0.498. The van der Waals surface area contributed by atoms with E-state index in [1.54, 1.807) is 18.6 Å². The Balaban J connectivity index is 1.34. The Labute approximate surface area is 188 Å². The Morgan fingerprint density at radius 3 is 2.47 bits per heavy atom. The molecule has 2 heterocycles. The predicted octanol–water partition coefficient (Wildman–Crippen LogP) is 3.09. The molecule has 0 spiro atoms. The van der Waals surface area contributed by atoms with Crippen LogP contribution in [-0.2, 0) is 21.6 Å². The fourth-order valence-corrected chi connectivity index (χ4v) is 5.19. The molecule has 6 heteroatoms. The molecule has 164 valence electrons. The van der Waals surface area contributed by atoms with Gasteiger partial charge < -0.3 is 14.3 Å². The summed E-state index contributed by atoms with van der Waals surface area (Å²) in [6, 6.07) is 15.1. The number of ether oxygens (including phenoxy) is 1. The van der Waals surface area contributed by atoms with Gasteiger partial charge in [0.15, 0.2) is 6.10 Å². The first-order chi connectivity index (χ1) is 15.5. The molecule has 1 N–H and O–H groups in total. The lowest BCUT2D eigenvalue weighted by molar-refractivity contribution is -0.916. The summed E-state index contributed by atoms with van der Waals surface area (Å²) < 4.78 is 6.81. The highest BCUT2D eigenvalue weighted by Crippen LogP contribution is 2.48. The maximum Gasteiger partial charge on any atom is 0.348 e. The van der Waals surface area contributed by atoms with E-state index < -0.39 is 11.6 Å². The Morgan fingerprint density at radius 1 is 1.12 bits per heavy atom. The van der Waals surface area contributed by atoms with Crippen molar-refractivity contribution in [3.05, 3.63) is 83.9 Å². The van der Waals surface area contributed by atoms with Crippen molar-refractivity contribution in [1.82, 2.24) is 9.97 Å². The summed E-state index contributed by atoms with van der Waals surface area (Å²) in [5.74, 6) is -0.581. The highest BCUT2D eigenvalue weighted by molar-refractivity contribution is 5.96. The second kappa shape index (κ2) is 8.11. The number of fused-ring (bicyclic) bond motifs is 3. The SMILES string of the molecule is C[N@+]1(CCc2cnccn2)CCCC(OC(=O)C2(O)c3ccccc3-c3ccccc32)C1. The molecule has 3 aromatic rings. The van der Waals surface area contributed by atoms with Gasteiger partial charge in [-0.25, -0.2) is 4.79 Å². The molecule has 2 atom stereocenters. The maximum atomic E-state index is 13.5. The summed E-state index contributed by atoms with van der Waals surface area (Å²) in [7, 11) is 2.20. The van der Waals surface area contributed by atoms with Crippen LogP contribution in [0.4, 0.5) is 0 Å². The molecule has 6 nitrogen and oxygen atoms in total. The molecule has 2 aromatic carbocycles. The average Bonchev–Trinajstić information content (AvgIpc) is 3.09. The van der Waals surface area contributed by atoms with Gasteiger partial charge in [-0.3, -0.25) is 9.97 Å². The van der Waals surface area contributed by atoms with Gasteiger partial charge in [0.25, 0.3) is 0 Å². The maximum absolute atomic E-state index is 13.5. The van der Waals surface area contributed by atoms with E-state index >= 15 is 0 Å². The second-order valence-electron chi connectivity index (χ2n) is 9.17. The molecule has 1 aromatic heterocycles. The van der Waals surface area contributed by atoms with Crippen LogP contribution in [0.2, 0.25) is 0 Å². The lowest BCUT2D eigenvalue weighted by Gasteiger charge is -2.41. The number of hydrogen-bond donors (Lipinski definition) is 1. The molecule has 0 radical (unpaired) electrons. The Kier molecular flexibility index (Phi) is 5.27. The molecule has 0 saturated carbocycles. The highest BCUT2D eigenvalue weighted by atomic mass is 16.6. The molecule has 1 unspecified atom stereocenters. The fraction of sp³-hybridized carbons (Fsp3) is 0.346. The van der Waals surface area contributed by atoms with Crippen LogP contribution < -0.4 is 0 Å². The summed E-state index contributed by atoms with van der Waals surface area (Å²) in [4.78, 5) is 22.0. The number of aliphatic hydroxyl groups is 1. The molecule has 0 bridgehead atoms. The average molecular weight is 431 g/mol. The predicted molar refractivity (Wildman–Crippen MR) is 121 cm³/mol. The Bertz CT molecular complexity index is 1090. The Hall–Kier alpha value is -3.09. The van der Waals surface area contributed by atoms with E-state index in [-0.39, 0.29) is 6.10 Å². The minimum atomic E-state index is -1.77. The van der Waals surface area contributed by atoms with Crippen LogP contribution >= 0.6 is 0 Å². The number of carbonyl (C=O) groups is 1. The van der Waals surface area contributed by atoms with Gasteiger partial charge in [0.05, 0.1) is 25.8 Å². The van der Waals surface area contributed by atoms with Gasteiger partial charge in [-0.15, -0.1) is 0 Å². The number of hydrogen-bond acceptors (Lipinski definition) is 5. The molecule has 1 aliphatic heterocycles. The minimum absolute atomic E-state index is 0.230. The standard InChI is InChI=1S/C26H28N3O3/c1-29(16-12-19-17-27-13-14-28-19)15-6-7-20(18-29)32-25(30)26(31)23-10-4-2-8-21(23)22-9-3-5-11-24(22)26/h2-5,8-11,13-14,17,20,31H,6-7,12,15-16,18H2,1H3/q+1/t20?,29-/m1/s1. The summed E-state index contributed by atoms with van der Waals surface area (Å²) in [6.07, 6.45) is 7.58. The van der Waals surface area contributed by atoms with E-state index in [0.717, 1.165) is 60.2 Å².